The first-order valence-electron chi connectivity index (χ1n) is 9.48. The van der Waals surface area contributed by atoms with E-state index in [9.17, 15) is 14.7 Å². The molecule has 0 unspecified atom stereocenters. The van der Waals surface area contributed by atoms with E-state index in [0.29, 0.717) is 24.5 Å². The number of hydrogen-bond acceptors (Lipinski definition) is 5. The highest BCUT2D eigenvalue weighted by molar-refractivity contribution is 5.96. The number of pyridine rings is 1. The van der Waals surface area contributed by atoms with Gasteiger partial charge in [0, 0.05) is 32.8 Å². The van der Waals surface area contributed by atoms with Crippen molar-refractivity contribution in [2.75, 3.05) is 23.8 Å². The molecule has 2 heterocycles. The van der Waals surface area contributed by atoms with Crippen LogP contribution < -0.4 is 10.2 Å². The van der Waals surface area contributed by atoms with E-state index in [1.54, 1.807) is 0 Å². The number of unbranched alkanes of at least 4 members (excludes halogenated alkanes) is 1. The lowest BCUT2D eigenvalue weighted by Crippen LogP contribution is -2.24. The molecule has 0 saturated heterocycles. The van der Waals surface area contributed by atoms with Crippen LogP contribution in [-0.4, -0.2) is 45.3 Å². The summed E-state index contributed by atoms with van der Waals surface area (Å²) in [5.41, 5.74) is 3.70. The fourth-order valence-electron chi connectivity index (χ4n) is 3.11. The average Bonchev–Trinajstić information content (AvgIpc) is 2.89. The predicted octanol–water partition coefficient (Wildman–Crippen LogP) is 2.94. The molecule has 0 radical (unpaired) electrons. The lowest BCUT2D eigenvalue weighted by atomic mass is 10.1. The minimum Gasteiger partial charge on any atom is -0.478 e. The minimum absolute atomic E-state index is 0.0652. The van der Waals surface area contributed by atoms with Gasteiger partial charge in [0.15, 0.2) is 0 Å². The molecule has 1 amide bonds. The lowest BCUT2D eigenvalue weighted by Gasteiger charge is -2.20. The van der Waals surface area contributed by atoms with Gasteiger partial charge in [0.2, 0.25) is 5.91 Å². The molecule has 0 aromatic carbocycles. The van der Waals surface area contributed by atoms with E-state index in [1.807, 2.05) is 44.4 Å². The van der Waals surface area contributed by atoms with Crippen molar-refractivity contribution in [3.05, 3.63) is 34.8 Å². The highest BCUT2D eigenvalue weighted by Gasteiger charge is 2.18. The maximum Gasteiger partial charge on any atom is 0.339 e. The molecule has 2 aromatic heterocycles. The van der Waals surface area contributed by atoms with Crippen LogP contribution in [0.25, 0.3) is 0 Å². The Morgan fingerprint density at radius 3 is 2.61 bits per heavy atom. The van der Waals surface area contributed by atoms with E-state index in [-0.39, 0.29) is 11.5 Å². The van der Waals surface area contributed by atoms with Gasteiger partial charge in [-0.3, -0.25) is 9.48 Å². The van der Waals surface area contributed by atoms with Gasteiger partial charge in [-0.05, 0) is 38.3 Å². The molecule has 2 rings (SSSR count). The molecule has 8 heteroatoms. The van der Waals surface area contributed by atoms with Gasteiger partial charge in [0.1, 0.15) is 11.4 Å². The standard InChI is InChI=1S/C20H29N5O3/c1-6-7-8-18(26)22-15-11-17(20(27)28)19(21-12-15)24(4)10-9-16-13(2)23-25(5)14(16)3/h11-12H,6-10H2,1-5H3,(H,22,26)(H,27,28). The molecule has 0 aliphatic heterocycles. The number of nitrogens with one attached hydrogen (secondary N) is 1. The number of likely N-dealkylation sites (N-methyl/N-ethyl adjacent to an activating group) is 1. The summed E-state index contributed by atoms with van der Waals surface area (Å²) in [5, 5.41) is 16.7. The first kappa shape index (κ1) is 21.4. The van der Waals surface area contributed by atoms with Crippen molar-refractivity contribution in [2.24, 2.45) is 7.05 Å². The summed E-state index contributed by atoms with van der Waals surface area (Å²) in [6.07, 6.45) is 4.36. The molecular weight excluding hydrogens is 358 g/mol. The minimum atomic E-state index is -1.08. The SMILES string of the molecule is CCCCC(=O)Nc1cnc(N(C)CCc2c(C)nn(C)c2C)c(C(=O)O)c1. The second kappa shape index (κ2) is 9.34. The fraction of sp³-hybridized carbons (Fsp3) is 0.500. The van der Waals surface area contributed by atoms with Crippen LogP contribution in [0.1, 0.15) is 53.5 Å². The monoisotopic (exact) mass is 387 g/mol. The number of anilines is 2. The number of carboxylic acid groups (broad SMARTS) is 1. The quantitative estimate of drug-likeness (QED) is 0.686. The van der Waals surface area contributed by atoms with Crippen LogP contribution in [-0.2, 0) is 18.3 Å². The van der Waals surface area contributed by atoms with Crippen LogP contribution in [0.5, 0.6) is 0 Å². The number of carboxylic acids is 1. The Hall–Kier alpha value is -2.90. The van der Waals surface area contributed by atoms with Crippen molar-refractivity contribution in [2.45, 2.75) is 46.5 Å². The largest absolute Gasteiger partial charge is 0.478 e. The third-order valence-electron chi connectivity index (χ3n) is 4.86. The molecular formula is C20H29N5O3. The molecule has 0 aliphatic rings. The van der Waals surface area contributed by atoms with Crippen LogP contribution in [0.4, 0.5) is 11.5 Å². The van der Waals surface area contributed by atoms with Gasteiger partial charge >= 0.3 is 5.97 Å². The van der Waals surface area contributed by atoms with Gasteiger partial charge in [-0.1, -0.05) is 13.3 Å². The number of rotatable bonds is 9. The van der Waals surface area contributed by atoms with E-state index in [4.69, 9.17) is 0 Å². The topological polar surface area (TPSA) is 100 Å². The molecule has 0 spiro atoms. The van der Waals surface area contributed by atoms with Crippen molar-refractivity contribution >= 4 is 23.4 Å². The van der Waals surface area contributed by atoms with Gasteiger partial charge in [0.25, 0.3) is 0 Å². The molecule has 0 fully saturated rings. The number of amides is 1. The number of carbonyl (C=O) groups excluding carboxylic acids is 1. The lowest BCUT2D eigenvalue weighted by molar-refractivity contribution is -0.116. The average molecular weight is 387 g/mol. The van der Waals surface area contributed by atoms with Crippen LogP contribution in [0.15, 0.2) is 12.3 Å². The van der Waals surface area contributed by atoms with E-state index in [0.717, 1.165) is 36.2 Å². The van der Waals surface area contributed by atoms with Crippen LogP contribution >= 0.6 is 0 Å². The summed E-state index contributed by atoms with van der Waals surface area (Å²) in [6.45, 7) is 6.60. The van der Waals surface area contributed by atoms with Crippen molar-refractivity contribution in [1.82, 2.24) is 14.8 Å². The molecule has 28 heavy (non-hydrogen) atoms. The van der Waals surface area contributed by atoms with Gasteiger partial charge < -0.3 is 15.3 Å². The summed E-state index contributed by atoms with van der Waals surface area (Å²) in [7, 11) is 3.72. The molecule has 2 N–H and O–H groups in total. The van der Waals surface area contributed by atoms with Crippen molar-refractivity contribution in [1.29, 1.82) is 0 Å². The predicted molar refractivity (Wildman–Crippen MR) is 109 cm³/mol. The number of nitrogens with zero attached hydrogens (tertiary/aromatic N) is 4. The molecule has 0 atom stereocenters. The second-order valence-corrected chi connectivity index (χ2v) is 7.00. The Kier molecular flexibility index (Phi) is 7.14. The number of hydrogen-bond donors (Lipinski definition) is 2. The zero-order valence-corrected chi connectivity index (χ0v) is 17.2. The second-order valence-electron chi connectivity index (χ2n) is 7.00. The van der Waals surface area contributed by atoms with Crippen LogP contribution in [0, 0.1) is 13.8 Å². The third-order valence-corrected chi connectivity index (χ3v) is 4.86. The van der Waals surface area contributed by atoms with E-state index in [1.165, 1.54) is 12.3 Å². The summed E-state index contributed by atoms with van der Waals surface area (Å²) in [5.74, 6) is -0.838. The maximum atomic E-state index is 11.9. The first-order chi connectivity index (χ1) is 13.2. The molecule has 152 valence electrons. The normalized spacial score (nSPS) is 10.8. The highest BCUT2D eigenvalue weighted by Crippen LogP contribution is 2.22. The Labute approximate surface area is 165 Å². The number of aromatic carboxylic acids is 1. The molecule has 8 nitrogen and oxygen atoms in total. The van der Waals surface area contributed by atoms with E-state index < -0.39 is 5.97 Å². The molecule has 0 saturated carbocycles. The van der Waals surface area contributed by atoms with Gasteiger partial charge in [-0.15, -0.1) is 0 Å². The third kappa shape index (κ3) is 5.09. The zero-order chi connectivity index (χ0) is 20.8. The summed E-state index contributed by atoms with van der Waals surface area (Å²) in [6, 6.07) is 1.46. The Balaban J connectivity index is 2.14. The van der Waals surface area contributed by atoms with Gasteiger partial charge in [-0.2, -0.15) is 5.10 Å². The number of aromatic nitrogens is 3. The molecule has 2 aromatic rings. The summed E-state index contributed by atoms with van der Waals surface area (Å²) in [4.78, 5) is 29.7. The highest BCUT2D eigenvalue weighted by atomic mass is 16.4. The Morgan fingerprint density at radius 2 is 2.04 bits per heavy atom. The summed E-state index contributed by atoms with van der Waals surface area (Å²) >= 11 is 0. The Morgan fingerprint density at radius 1 is 1.32 bits per heavy atom. The zero-order valence-electron chi connectivity index (χ0n) is 17.2. The van der Waals surface area contributed by atoms with Gasteiger partial charge in [0.05, 0.1) is 17.6 Å². The number of aryl methyl sites for hydroxylation is 2. The van der Waals surface area contributed by atoms with Gasteiger partial charge in [-0.25, -0.2) is 9.78 Å². The van der Waals surface area contributed by atoms with Crippen molar-refractivity contribution in [3.63, 3.8) is 0 Å². The van der Waals surface area contributed by atoms with Crippen molar-refractivity contribution in [3.8, 4) is 0 Å². The van der Waals surface area contributed by atoms with E-state index >= 15 is 0 Å². The summed E-state index contributed by atoms with van der Waals surface area (Å²) < 4.78 is 1.85. The maximum absolute atomic E-state index is 11.9. The number of carbonyl (C=O) groups is 2. The van der Waals surface area contributed by atoms with Crippen LogP contribution in [0.2, 0.25) is 0 Å². The fourth-order valence-corrected chi connectivity index (χ4v) is 3.11. The Bertz CT molecular complexity index is 860. The smallest absolute Gasteiger partial charge is 0.339 e. The first-order valence-corrected chi connectivity index (χ1v) is 9.48. The molecule has 0 aliphatic carbocycles. The van der Waals surface area contributed by atoms with E-state index in [2.05, 4.69) is 15.4 Å². The van der Waals surface area contributed by atoms with Crippen LogP contribution in [0.3, 0.4) is 0 Å². The van der Waals surface area contributed by atoms with Crippen molar-refractivity contribution < 1.29 is 14.7 Å². The molecule has 0 bridgehead atoms.